The summed E-state index contributed by atoms with van der Waals surface area (Å²) in [7, 11) is 0. The molecular weight excluding hydrogens is 166 g/mol. The molecule has 0 unspecified atom stereocenters. The van der Waals surface area contributed by atoms with E-state index in [1.807, 2.05) is 0 Å². The molecular formula is C10H25NO2. The van der Waals surface area contributed by atoms with Crippen molar-refractivity contribution < 1.29 is 10.2 Å². The molecule has 13 heavy (non-hydrogen) atoms. The number of rotatable bonds is 7. The fourth-order valence-electron chi connectivity index (χ4n) is 0.783. The Morgan fingerprint density at radius 3 is 1.46 bits per heavy atom. The zero-order valence-electron chi connectivity index (χ0n) is 9.05. The van der Waals surface area contributed by atoms with Gasteiger partial charge in [0, 0.05) is 13.1 Å². The van der Waals surface area contributed by atoms with Gasteiger partial charge in [-0.15, -0.1) is 0 Å². The van der Waals surface area contributed by atoms with Crippen molar-refractivity contribution in [2.75, 3.05) is 26.3 Å². The predicted octanol–water partition coefficient (Wildman–Crippen LogP) is 1.15. The normalized spacial score (nSPS) is 9.23. The Morgan fingerprint density at radius 1 is 0.846 bits per heavy atom. The van der Waals surface area contributed by atoms with Crippen LogP contribution in [0.3, 0.4) is 0 Å². The first-order valence-corrected chi connectivity index (χ1v) is 5.25. The molecule has 0 heterocycles. The Bertz CT molecular complexity index is 61.9. The van der Waals surface area contributed by atoms with Crippen molar-refractivity contribution in [2.45, 2.75) is 39.5 Å². The second kappa shape index (κ2) is 17.8. The van der Waals surface area contributed by atoms with Gasteiger partial charge < -0.3 is 15.5 Å². The number of unbranched alkanes of at least 4 members (excludes halogenated alkanes) is 3. The fraction of sp³-hybridized carbons (Fsp3) is 1.00. The van der Waals surface area contributed by atoms with E-state index in [0.29, 0.717) is 13.1 Å². The minimum Gasteiger partial charge on any atom is -0.395 e. The van der Waals surface area contributed by atoms with Gasteiger partial charge in [-0.2, -0.15) is 0 Å². The Morgan fingerprint density at radius 2 is 1.23 bits per heavy atom. The van der Waals surface area contributed by atoms with E-state index in [0.717, 1.165) is 0 Å². The van der Waals surface area contributed by atoms with E-state index in [4.69, 9.17) is 10.2 Å². The monoisotopic (exact) mass is 191 g/mol. The van der Waals surface area contributed by atoms with Gasteiger partial charge in [0.15, 0.2) is 0 Å². The molecule has 0 rings (SSSR count). The molecule has 0 bridgehead atoms. The molecule has 0 aliphatic rings. The van der Waals surface area contributed by atoms with Crippen LogP contribution in [0.1, 0.15) is 39.5 Å². The molecule has 0 spiro atoms. The third-order valence-electron chi connectivity index (χ3n) is 1.53. The van der Waals surface area contributed by atoms with Gasteiger partial charge in [0.25, 0.3) is 0 Å². The number of nitrogens with one attached hydrogen (secondary N) is 1. The number of hydrogen-bond acceptors (Lipinski definition) is 3. The van der Waals surface area contributed by atoms with Gasteiger partial charge in [0.1, 0.15) is 0 Å². The molecule has 3 nitrogen and oxygen atoms in total. The summed E-state index contributed by atoms with van der Waals surface area (Å²) in [6.07, 6.45) is 5.54. The Labute approximate surface area is 82.2 Å². The lowest BCUT2D eigenvalue weighted by Crippen LogP contribution is -2.21. The molecule has 0 amide bonds. The summed E-state index contributed by atoms with van der Waals surface area (Å²) in [6.45, 7) is 5.88. The minimum absolute atomic E-state index is 0.139. The van der Waals surface area contributed by atoms with E-state index in [2.05, 4.69) is 19.2 Å². The highest BCUT2D eigenvalue weighted by Gasteiger charge is 1.78. The molecule has 3 heteroatoms. The third kappa shape index (κ3) is 24.5. The summed E-state index contributed by atoms with van der Waals surface area (Å²) >= 11 is 0. The summed E-state index contributed by atoms with van der Waals surface area (Å²) in [5, 5.41) is 19.1. The predicted molar refractivity (Wildman–Crippen MR) is 56.9 cm³/mol. The van der Waals surface area contributed by atoms with Gasteiger partial charge in [-0.05, 0) is 0 Å². The van der Waals surface area contributed by atoms with Crippen molar-refractivity contribution in [3.05, 3.63) is 0 Å². The van der Waals surface area contributed by atoms with Gasteiger partial charge in [0.05, 0.1) is 13.2 Å². The first-order valence-electron chi connectivity index (χ1n) is 5.25. The van der Waals surface area contributed by atoms with Crippen LogP contribution in [0.4, 0.5) is 0 Å². The smallest absolute Gasteiger partial charge is 0.0555 e. The lowest BCUT2D eigenvalue weighted by atomic mass is 10.2. The lowest BCUT2D eigenvalue weighted by Gasteiger charge is -1.94. The van der Waals surface area contributed by atoms with Crippen LogP contribution in [-0.2, 0) is 0 Å². The maximum atomic E-state index is 8.15. The van der Waals surface area contributed by atoms with Crippen molar-refractivity contribution in [1.29, 1.82) is 0 Å². The minimum atomic E-state index is 0.139. The average molecular weight is 191 g/mol. The lowest BCUT2D eigenvalue weighted by molar-refractivity contribution is 0.267. The zero-order valence-corrected chi connectivity index (χ0v) is 9.05. The van der Waals surface area contributed by atoms with E-state index >= 15 is 0 Å². The van der Waals surface area contributed by atoms with Crippen molar-refractivity contribution in [1.82, 2.24) is 5.32 Å². The summed E-state index contributed by atoms with van der Waals surface area (Å²) < 4.78 is 0. The summed E-state index contributed by atoms with van der Waals surface area (Å²) in [4.78, 5) is 0. The molecule has 0 aromatic heterocycles. The van der Waals surface area contributed by atoms with Gasteiger partial charge >= 0.3 is 0 Å². The maximum absolute atomic E-state index is 8.15. The Balaban J connectivity index is 0. The largest absolute Gasteiger partial charge is 0.395 e. The van der Waals surface area contributed by atoms with Gasteiger partial charge in [-0.3, -0.25) is 0 Å². The highest BCUT2D eigenvalue weighted by Crippen LogP contribution is 1.95. The number of hydrogen-bond donors (Lipinski definition) is 3. The topological polar surface area (TPSA) is 52.5 Å². The van der Waals surface area contributed by atoms with E-state index in [1.165, 1.54) is 25.7 Å². The van der Waals surface area contributed by atoms with E-state index in [1.54, 1.807) is 0 Å². The Hall–Kier alpha value is -0.120. The standard InChI is InChI=1S/C6H14.C4H11NO2/c1-3-5-6-4-2;6-3-1-5-2-4-7/h3-6H2,1-2H3;5-7H,1-4H2. The first-order chi connectivity index (χ1) is 6.33. The van der Waals surface area contributed by atoms with Crippen molar-refractivity contribution >= 4 is 0 Å². The van der Waals surface area contributed by atoms with Crippen LogP contribution in [0.25, 0.3) is 0 Å². The number of aliphatic hydroxyl groups excluding tert-OH is 2. The SMILES string of the molecule is CCCCCC.OCCNCCO. The molecule has 0 aliphatic heterocycles. The molecule has 0 saturated carbocycles. The van der Waals surface area contributed by atoms with Crippen molar-refractivity contribution in [3.8, 4) is 0 Å². The van der Waals surface area contributed by atoms with Gasteiger partial charge in [-0.1, -0.05) is 39.5 Å². The molecule has 0 aromatic carbocycles. The third-order valence-corrected chi connectivity index (χ3v) is 1.53. The first kappa shape index (κ1) is 15.4. The Kier molecular flexibility index (Phi) is 21.1. The molecule has 0 saturated heterocycles. The highest BCUT2D eigenvalue weighted by molar-refractivity contribution is 4.39. The molecule has 82 valence electrons. The second-order valence-electron chi connectivity index (χ2n) is 2.90. The molecule has 0 aliphatic carbocycles. The van der Waals surface area contributed by atoms with Crippen LogP contribution in [0, 0.1) is 0 Å². The zero-order chi connectivity index (χ0) is 10.4. The van der Waals surface area contributed by atoms with Gasteiger partial charge in [0.2, 0.25) is 0 Å². The molecule has 3 N–H and O–H groups in total. The molecule has 0 atom stereocenters. The molecule has 0 aromatic rings. The van der Waals surface area contributed by atoms with Crippen LogP contribution < -0.4 is 5.32 Å². The number of aliphatic hydroxyl groups is 2. The fourth-order valence-corrected chi connectivity index (χ4v) is 0.783. The van der Waals surface area contributed by atoms with E-state index in [9.17, 15) is 0 Å². The second-order valence-corrected chi connectivity index (χ2v) is 2.90. The van der Waals surface area contributed by atoms with Gasteiger partial charge in [-0.25, -0.2) is 0 Å². The van der Waals surface area contributed by atoms with Crippen LogP contribution >= 0.6 is 0 Å². The van der Waals surface area contributed by atoms with Crippen molar-refractivity contribution in [2.24, 2.45) is 0 Å². The van der Waals surface area contributed by atoms with Crippen LogP contribution in [0.2, 0.25) is 0 Å². The molecule has 0 fully saturated rings. The van der Waals surface area contributed by atoms with E-state index < -0.39 is 0 Å². The maximum Gasteiger partial charge on any atom is 0.0555 e. The quantitative estimate of drug-likeness (QED) is 0.529. The molecule has 0 radical (unpaired) electrons. The van der Waals surface area contributed by atoms with Crippen LogP contribution in [0.5, 0.6) is 0 Å². The summed E-state index contributed by atoms with van der Waals surface area (Å²) in [5.74, 6) is 0. The van der Waals surface area contributed by atoms with E-state index in [-0.39, 0.29) is 13.2 Å². The highest BCUT2D eigenvalue weighted by atomic mass is 16.3. The average Bonchev–Trinajstić information content (AvgIpc) is 2.17. The summed E-state index contributed by atoms with van der Waals surface area (Å²) in [6, 6.07) is 0. The van der Waals surface area contributed by atoms with Crippen LogP contribution in [0.15, 0.2) is 0 Å². The summed E-state index contributed by atoms with van der Waals surface area (Å²) in [5.41, 5.74) is 0. The van der Waals surface area contributed by atoms with Crippen LogP contribution in [-0.4, -0.2) is 36.5 Å². The van der Waals surface area contributed by atoms with Crippen molar-refractivity contribution in [3.63, 3.8) is 0 Å².